The van der Waals surface area contributed by atoms with Crippen molar-refractivity contribution in [2.45, 2.75) is 17.7 Å². The van der Waals surface area contributed by atoms with E-state index < -0.39 is 10.0 Å². The molecule has 0 saturated heterocycles. The van der Waals surface area contributed by atoms with E-state index in [-0.39, 0.29) is 9.92 Å². The summed E-state index contributed by atoms with van der Waals surface area (Å²) in [6, 6.07) is 4.32. The Kier molecular flexibility index (Phi) is 4.99. The van der Waals surface area contributed by atoms with Crippen LogP contribution in [0.25, 0.3) is 0 Å². The van der Waals surface area contributed by atoms with Crippen LogP contribution in [-0.4, -0.2) is 15.0 Å². The average Bonchev–Trinajstić information content (AvgIpc) is 2.24. The number of benzene rings is 1. The molecule has 0 fully saturated rings. The first-order valence-electron chi connectivity index (χ1n) is 5.13. The smallest absolute Gasteiger partial charge is 0.242 e. The van der Waals surface area contributed by atoms with Crippen LogP contribution in [0.3, 0.4) is 0 Å². The molecule has 0 aliphatic heterocycles. The molecule has 0 heterocycles. The van der Waals surface area contributed by atoms with Crippen molar-refractivity contribution in [3.63, 3.8) is 0 Å². The van der Waals surface area contributed by atoms with E-state index in [1.807, 2.05) is 0 Å². The molecule has 6 heteroatoms. The summed E-state index contributed by atoms with van der Waals surface area (Å²) in [7, 11) is -3.56. The van der Waals surface area contributed by atoms with Crippen LogP contribution in [0.1, 0.15) is 12.8 Å². The van der Waals surface area contributed by atoms with Gasteiger partial charge in [0.15, 0.2) is 0 Å². The second-order valence-corrected chi connectivity index (χ2v) is 5.66. The van der Waals surface area contributed by atoms with Crippen molar-refractivity contribution in [3.05, 3.63) is 35.9 Å². The van der Waals surface area contributed by atoms with Crippen LogP contribution in [-0.2, 0) is 10.0 Å². The zero-order valence-electron chi connectivity index (χ0n) is 9.32. The third-order valence-electron chi connectivity index (χ3n) is 2.12. The van der Waals surface area contributed by atoms with Crippen LogP contribution in [0, 0.1) is 0 Å². The number of halogens is 1. The molecule has 0 saturated carbocycles. The average molecular weight is 275 g/mol. The van der Waals surface area contributed by atoms with Gasteiger partial charge in [0.2, 0.25) is 10.0 Å². The van der Waals surface area contributed by atoms with Crippen LogP contribution in [0.5, 0.6) is 0 Å². The Morgan fingerprint density at radius 3 is 2.76 bits per heavy atom. The van der Waals surface area contributed by atoms with Crippen LogP contribution >= 0.6 is 11.6 Å². The van der Waals surface area contributed by atoms with Gasteiger partial charge in [-0.1, -0.05) is 17.7 Å². The van der Waals surface area contributed by atoms with Gasteiger partial charge in [0.25, 0.3) is 0 Å². The van der Waals surface area contributed by atoms with Gasteiger partial charge in [-0.05, 0) is 31.0 Å². The van der Waals surface area contributed by atoms with Gasteiger partial charge in [-0.3, -0.25) is 0 Å². The number of nitrogens with two attached hydrogens (primary N) is 1. The molecule has 0 aliphatic rings. The Labute approximate surface area is 107 Å². The molecule has 1 aromatic carbocycles. The highest BCUT2D eigenvalue weighted by molar-refractivity contribution is 7.89. The molecule has 0 aromatic heterocycles. The van der Waals surface area contributed by atoms with Gasteiger partial charge in [0, 0.05) is 12.2 Å². The fourth-order valence-electron chi connectivity index (χ4n) is 1.27. The first kappa shape index (κ1) is 14.0. The van der Waals surface area contributed by atoms with Crippen molar-refractivity contribution in [1.29, 1.82) is 0 Å². The van der Waals surface area contributed by atoms with Crippen LogP contribution in [0.2, 0.25) is 5.02 Å². The highest BCUT2D eigenvalue weighted by atomic mass is 35.5. The topological polar surface area (TPSA) is 72.2 Å². The fraction of sp³-hybridized carbons (Fsp3) is 0.273. The normalized spacial score (nSPS) is 11.4. The zero-order valence-corrected chi connectivity index (χ0v) is 10.9. The lowest BCUT2D eigenvalue weighted by atomic mass is 10.3. The predicted octanol–water partition coefficient (Wildman–Crippen LogP) is 2.17. The third-order valence-corrected chi connectivity index (χ3v) is 4.07. The van der Waals surface area contributed by atoms with Crippen molar-refractivity contribution >= 4 is 27.3 Å². The van der Waals surface area contributed by atoms with E-state index in [0.29, 0.717) is 18.7 Å². The molecule has 3 N–H and O–H groups in total. The Balaban J connectivity index is 2.79. The van der Waals surface area contributed by atoms with Crippen LogP contribution in [0.15, 0.2) is 35.7 Å². The monoisotopic (exact) mass is 274 g/mol. The summed E-state index contributed by atoms with van der Waals surface area (Å²) in [5, 5.41) is 0.126. The van der Waals surface area contributed by atoms with Gasteiger partial charge in [-0.15, -0.1) is 6.58 Å². The number of sulfonamides is 1. The highest BCUT2D eigenvalue weighted by Gasteiger charge is 2.16. The van der Waals surface area contributed by atoms with Gasteiger partial charge in [0.1, 0.15) is 4.90 Å². The lowest BCUT2D eigenvalue weighted by molar-refractivity contribution is 0.579. The summed E-state index contributed by atoms with van der Waals surface area (Å²) >= 11 is 5.84. The summed E-state index contributed by atoms with van der Waals surface area (Å²) in [4.78, 5) is 0.0481. The molecule has 0 unspecified atom stereocenters. The maximum absolute atomic E-state index is 11.9. The number of hydrogen-bond acceptors (Lipinski definition) is 3. The van der Waals surface area contributed by atoms with E-state index in [0.717, 1.165) is 6.42 Å². The van der Waals surface area contributed by atoms with Gasteiger partial charge in [-0.2, -0.15) is 0 Å². The zero-order chi connectivity index (χ0) is 12.9. The minimum absolute atomic E-state index is 0.0481. The second-order valence-electron chi connectivity index (χ2n) is 3.52. The molecule has 0 atom stereocenters. The van der Waals surface area contributed by atoms with Crippen molar-refractivity contribution < 1.29 is 8.42 Å². The summed E-state index contributed by atoms with van der Waals surface area (Å²) in [5.74, 6) is 0. The molecule has 1 rings (SSSR count). The van der Waals surface area contributed by atoms with Crippen LogP contribution in [0.4, 0.5) is 5.69 Å². The summed E-state index contributed by atoms with van der Waals surface area (Å²) in [5.41, 5.74) is 5.93. The van der Waals surface area contributed by atoms with E-state index in [9.17, 15) is 8.42 Å². The Bertz CT molecular complexity index is 500. The van der Waals surface area contributed by atoms with Gasteiger partial charge < -0.3 is 5.73 Å². The molecule has 0 radical (unpaired) electrons. The summed E-state index contributed by atoms with van der Waals surface area (Å²) in [6.07, 6.45) is 3.21. The third kappa shape index (κ3) is 4.03. The van der Waals surface area contributed by atoms with E-state index >= 15 is 0 Å². The fourth-order valence-corrected chi connectivity index (χ4v) is 2.89. The second kappa shape index (κ2) is 6.05. The van der Waals surface area contributed by atoms with Crippen molar-refractivity contribution in [2.24, 2.45) is 0 Å². The number of nitrogen functional groups attached to an aromatic ring is 1. The van der Waals surface area contributed by atoms with Crippen molar-refractivity contribution in [3.8, 4) is 0 Å². The molecule has 0 amide bonds. The number of unbranched alkanes of at least 4 members (excludes halogenated alkanes) is 1. The minimum Gasteiger partial charge on any atom is -0.399 e. The largest absolute Gasteiger partial charge is 0.399 e. The van der Waals surface area contributed by atoms with Gasteiger partial charge in [0.05, 0.1) is 5.02 Å². The molecule has 0 spiro atoms. The molecule has 4 nitrogen and oxygen atoms in total. The number of allylic oxidation sites excluding steroid dienone is 1. The summed E-state index contributed by atoms with van der Waals surface area (Å²) < 4.78 is 26.2. The molecule has 94 valence electrons. The first-order valence-corrected chi connectivity index (χ1v) is 6.99. The maximum atomic E-state index is 11.9. The lowest BCUT2D eigenvalue weighted by Gasteiger charge is -2.08. The lowest BCUT2D eigenvalue weighted by Crippen LogP contribution is -2.25. The highest BCUT2D eigenvalue weighted by Crippen LogP contribution is 2.23. The number of rotatable bonds is 6. The molecular weight excluding hydrogens is 260 g/mol. The number of hydrogen-bond donors (Lipinski definition) is 2. The molecule has 0 bridgehead atoms. The van der Waals surface area contributed by atoms with Crippen molar-refractivity contribution in [2.75, 3.05) is 12.3 Å². The minimum atomic E-state index is -3.56. The van der Waals surface area contributed by atoms with E-state index in [4.69, 9.17) is 17.3 Å². The first-order chi connectivity index (χ1) is 7.97. The van der Waals surface area contributed by atoms with Gasteiger partial charge >= 0.3 is 0 Å². The maximum Gasteiger partial charge on any atom is 0.242 e. The number of anilines is 1. The summed E-state index contributed by atoms with van der Waals surface area (Å²) in [6.45, 7) is 3.92. The molecule has 0 aliphatic carbocycles. The Morgan fingerprint density at radius 1 is 1.47 bits per heavy atom. The van der Waals surface area contributed by atoms with E-state index in [1.165, 1.54) is 18.2 Å². The molecule has 17 heavy (non-hydrogen) atoms. The Morgan fingerprint density at radius 2 is 2.18 bits per heavy atom. The van der Waals surface area contributed by atoms with Crippen molar-refractivity contribution in [1.82, 2.24) is 4.72 Å². The van der Waals surface area contributed by atoms with E-state index in [1.54, 1.807) is 6.08 Å². The number of nitrogens with one attached hydrogen (secondary N) is 1. The Hall–Kier alpha value is -1.04. The molecule has 1 aromatic rings. The van der Waals surface area contributed by atoms with Gasteiger partial charge in [-0.25, -0.2) is 13.1 Å². The predicted molar refractivity (Wildman–Crippen MR) is 70.5 cm³/mol. The van der Waals surface area contributed by atoms with E-state index in [2.05, 4.69) is 11.3 Å². The van der Waals surface area contributed by atoms with Crippen LogP contribution < -0.4 is 10.5 Å². The standard InChI is InChI=1S/C11H15ClN2O2S/c1-2-3-4-7-14-17(15,16)11-6-5-9(13)8-10(11)12/h2,5-6,8,14H,1,3-4,7,13H2. The quantitative estimate of drug-likeness (QED) is 0.474. The SMILES string of the molecule is C=CCCCNS(=O)(=O)c1ccc(N)cc1Cl. The molecular formula is C11H15ClN2O2S.